The van der Waals surface area contributed by atoms with Crippen molar-refractivity contribution in [3.8, 4) is 5.19 Å². The van der Waals surface area contributed by atoms with Crippen LogP contribution in [0.3, 0.4) is 0 Å². The number of aromatic nitrogens is 5. The average molecular weight is 434 g/mol. The minimum atomic E-state index is -0.314. The highest BCUT2D eigenvalue weighted by Gasteiger charge is 2.21. The number of nitrogens with zero attached hydrogens (tertiary/aromatic N) is 6. The molecule has 0 unspecified atom stereocenters. The van der Waals surface area contributed by atoms with Crippen LogP contribution in [0, 0.1) is 0 Å². The molecule has 3 aromatic rings. The molecule has 0 spiro atoms. The molecule has 0 aromatic carbocycles. The van der Waals surface area contributed by atoms with E-state index in [9.17, 15) is 4.79 Å². The number of halogens is 1. The number of carbonyl (C=O) groups excluding carboxylic acids is 1. The topological polar surface area (TPSA) is 115 Å². The van der Waals surface area contributed by atoms with Gasteiger partial charge in [0.2, 0.25) is 5.13 Å². The molecule has 10 nitrogen and oxygen atoms in total. The van der Waals surface area contributed by atoms with Crippen molar-refractivity contribution >= 4 is 39.8 Å². The summed E-state index contributed by atoms with van der Waals surface area (Å²) < 4.78 is 10.9. The number of carbonyl (C=O) groups is 1. The second kappa shape index (κ2) is 9.07. The number of hydrogen-bond acceptors (Lipinski definition) is 10. The molecular weight excluding hydrogens is 418 g/mol. The number of nitrogens with one attached hydrogen (secondary N) is 1. The first-order valence-corrected chi connectivity index (χ1v) is 9.90. The predicted octanol–water partition coefficient (Wildman–Crippen LogP) is 2.04. The molecule has 1 saturated heterocycles. The summed E-state index contributed by atoms with van der Waals surface area (Å²) in [4.78, 5) is 27.2. The number of amides is 1. The molecule has 1 aliphatic heterocycles. The monoisotopic (exact) mass is 433 g/mol. The van der Waals surface area contributed by atoms with E-state index in [2.05, 4.69) is 30.5 Å². The summed E-state index contributed by atoms with van der Waals surface area (Å²) in [5, 5.41) is 11.6. The standard InChI is InChI=1S/C17H16ClN7O3S/c18-13-9-20-11(8-21-13)10-28-17-24-23-16(29-17)22-15(26)12-2-1-3-19-14(12)25-4-6-27-7-5-25/h1-3,8-9H,4-7,10H2,(H,22,23,26). The minimum absolute atomic E-state index is 0.163. The van der Waals surface area contributed by atoms with Gasteiger partial charge in [-0.05, 0) is 23.5 Å². The lowest BCUT2D eigenvalue weighted by Crippen LogP contribution is -2.38. The predicted molar refractivity (Wildman–Crippen MR) is 107 cm³/mol. The average Bonchev–Trinajstić information content (AvgIpc) is 3.21. The number of anilines is 2. The fourth-order valence-corrected chi connectivity index (χ4v) is 3.32. The number of pyridine rings is 1. The van der Waals surface area contributed by atoms with Gasteiger partial charge in [-0.1, -0.05) is 16.7 Å². The van der Waals surface area contributed by atoms with Crippen LogP contribution in [0.15, 0.2) is 30.7 Å². The van der Waals surface area contributed by atoms with Crippen molar-refractivity contribution in [1.29, 1.82) is 0 Å². The van der Waals surface area contributed by atoms with Crippen LogP contribution < -0.4 is 15.0 Å². The zero-order valence-electron chi connectivity index (χ0n) is 15.1. The minimum Gasteiger partial charge on any atom is -0.462 e. The van der Waals surface area contributed by atoms with E-state index in [1.165, 1.54) is 12.4 Å². The first-order valence-electron chi connectivity index (χ1n) is 8.71. The Morgan fingerprint density at radius 1 is 1.24 bits per heavy atom. The van der Waals surface area contributed by atoms with Crippen molar-refractivity contribution in [3.05, 3.63) is 47.1 Å². The Hall–Kier alpha value is -2.89. The summed E-state index contributed by atoms with van der Waals surface area (Å²) in [6.45, 7) is 2.74. The zero-order chi connectivity index (χ0) is 20.1. The molecule has 150 valence electrons. The van der Waals surface area contributed by atoms with Crippen LogP contribution >= 0.6 is 22.9 Å². The second-order valence-electron chi connectivity index (χ2n) is 5.92. The van der Waals surface area contributed by atoms with E-state index in [0.717, 1.165) is 11.3 Å². The quantitative estimate of drug-likeness (QED) is 0.623. The van der Waals surface area contributed by atoms with Crippen molar-refractivity contribution in [3.63, 3.8) is 0 Å². The normalized spacial score (nSPS) is 13.9. The third kappa shape index (κ3) is 4.94. The fraction of sp³-hybridized carbons (Fsp3) is 0.294. The maximum atomic E-state index is 12.8. The smallest absolute Gasteiger partial charge is 0.296 e. The Kier molecular flexibility index (Phi) is 6.08. The van der Waals surface area contributed by atoms with Crippen LogP contribution in [0.4, 0.5) is 10.9 Å². The van der Waals surface area contributed by atoms with Gasteiger partial charge in [0.1, 0.15) is 17.6 Å². The van der Waals surface area contributed by atoms with Gasteiger partial charge >= 0.3 is 0 Å². The van der Waals surface area contributed by atoms with Crippen LogP contribution in [0.2, 0.25) is 5.15 Å². The highest BCUT2D eigenvalue weighted by molar-refractivity contribution is 7.17. The lowest BCUT2D eigenvalue weighted by Gasteiger charge is -2.28. The zero-order valence-corrected chi connectivity index (χ0v) is 16.7. The van der Waals surface area contributed by atoms with Gasteiger partial charge in [-0.25, -0.2) is 9.97 Å². The maximum Gasteiger partial charge on any atom is 0.296 e. The van der Waals surface area contributed by atoms with Crippen molar-refractivity contribution in [2.45, 2.75) is 6.61 Å². The van der Waals surface area contributed by atoms with Crippen molar-refractivity contribution in [2.24, 2.45) is 0 Å². The molecule has 4 rings (SSSR count). The van der Waals surface area contributed by atoms with E-state index in [1.54, 1.807) is 18.3 Å². The number of ether oxygens (including phenoxy) is 2. The number of hydrogen-bond donors (Lipinski definition) is 1. The van der Waals surface area contributed by atoms with Crippen molar-refractivity contribution in [1.82, 2.24) is 25.1 Å². The Balaban J connectivity index is 1.40. The van der Waals surface area contributed by atoms with E-state index in [-0.39, 0.29) is 12.5 Å². The highest BCUT2D eigenvalue weighted by Crippen LogP contribution is 2.25. The molecule has 1 aliphatic rings. The summed E-state index contributed by atoms with van der Waals surface area (Å²) in [6, 6.07) is 3.45. The van der Waals surface area contributed by atoms with Gasteiger partial charge < -0.3 is 14.4 Å². The third-order valence-corrected chi connectivity index (χ3v) is 4.93. The lowest BCUT2D eigenvalue weighted by molar-refractivity contribution is 0.102. The van der Waals surface area contributed by atoms with Gasteiger partial charge in [-0.2, -0.15) is 0 Å². The lowest BCUT2D eigenvalue weighted by atomic mass is 10.2. The van der Waals surface area contributed by atoms with Gasteiger partial charge in [0.15, 0.2) is 0 Å². The van der Waals surface area contributed by atoms with Crippen molar-refractivity contribution in [2.75, 3.05) is 36.5 Å². The Labute approximate surface area is 174 Å². The molecule has 12 heteroatoms. The fourth-order valence-electron chi connectivity index (χ4n) is 2.63. The van der Waals surface area contributed by atoms with Gasteiger partial charge in [0.05, 0.1) is 36.9 Å². The number of morpholine rings is 1. The summed E-state index contributed by atoms with van der Waals surface area (Å²) in [7, 11) is 0. The van der Waals surface area contributed by atoms with E-state index in [0.29, 0.717) is 58.9 Å². The molecule has 3 aromatic heterocycles. The van der Waals surface area contributed by atoms with Gasteiger partial charge in [0.25, 0.3) is 11.1 Å². The molecule has 0 saturated carbocycles. The summed E-state index contributed by atoms with van der Waals surface area (Å²) in [5.74, 6) is 0.307. The summed E-state index contributed by atoms with van der Waals surface area (Å²) in [5.41, 5.74) is 1.06. The maximum absolute atomic E-state index is 12.8. The van der Waals surface area contributed by atoms with E-state index in [4.69, 9.17) is 21.1 Å². The van der Waals surface area contributed by atoms with Crippen LogP contribution in [0.5, 0.6) is 5.19 Å². The Morgan fingerprint density at radius 3 is 2.90 bits per heavy atom. The first kappa shape index (κ1) is 19.4. The SMILES string of the molecule is O=C(Nc1nnc(OCc2cnc(Cl)cn2)s1)c1cccnc1N1CCOCC1. The molecule has 0 bridgehead atoms. The molecular formula is C17H16ClN7O3S. The first-order chi connectivity index (χ1) is 14.2. The summed E-state index contributed by atoms with van der Waals surface area (Å²) in [6.07, 6.45) is 4.62. The van der Waals surface area contributed by atoms with Crippen LogP contribution in [-0.4, -0.2) is 57.4 Å². The molecule has 0 aliphatic carbocycles. The van der Waals surface area contributed by atoms with Gasteiger partial charge in [0, 0.05) is 19.3 Å². The highest BCUT2D eigenvalue weighted by atomic mass is 35.5. The van der Waals surface area contributed by atoms with E-state index in [1.807, 2.05) is 4.90 Å². The Bertz CT molecular complexity index is 979. The van der Waals surface area contributed by atoms with Crippen LogP contribution in [0.1, 0.15) is 16.1 Å². The van der Waals surface area contributed by atoms with E-state index < -0.39 is 0 Å². The third-order valence-electron chi connectivity index (χ3n) is 3.99. The molecule has 1 amide bonds. The van der Waals surface area contributed by atoms with Gasteiger partial charge in [-0.3, -0.25) is 15.1 Å². The largest absolute Gasteiger partial charge is 0.462 e. The van der Waals surface area contributed by atoms with Crippen LogP contribution in [0.25, 0.3) is 0 Å². The Morgan fingerprint density at radius 2 is 2.10 bits per heavy atom. The molecule has 1 fully saturated rings. The van der Waals surface area contributed by atoms with Gasteiger partial charge in [-0.15, -0.1) is 5.10 Å². The number of rotatable bonds is 6. The van der Waals surface area contributed by atoms with E-state index >= 15 is 0 Å². The van der Waals surface area contributed by atoms with Crippen molar-refractivity contribution < 1.29 is 14.3 Å². The second-order valence-corrected chi connectivity index (χ2v) is 7.25. The molecule has 1 N–H and O–H groups in total. The molecule has 0 radical (unpaired) electrons. The molecule has 4 heterocycles. The van der Waals surface area contributed by atoms with Crippen LogP contribution in [-0.2, 0) is 11.3 Å². The summed E-state index contributed by atoms with van der Waals surface area (Å²) >= 11 is 6.82. The molecule has 0 atom stereocenters. The molecule has 29 heavy (non-hydrogen) atoms.